The molecule has 1 atom stereocenters. The molecule has 0 spiro atoms. The Kier molecular flexibility index (Phi) is 4.66. The molecule has 1 saturated carbocycles. The van der Waals surface area contributed by atoms with E-state index in [1.165, 1.54) is 24.1 Å². The summed E-state index contributed by atoms with van der Waals surface area (Å²) in [6, 6.07) is 11.8. The van der Waals surface area contributed by atoms with Crippen LogP contribution in [-0.4, -0.2) is 25.2 Å². The van der Waals surface area contributed by atoms with Crippen molar-refractivity contribution in [3.8, 4) is 11.5 Å². The van der Waals surface area contributed by atoms with Gasteiger partial charge >= 0.3 is 0 Å². The molecule has 1 N–H and O–H groups in total. The van der Waals surface area contributed by atoms with Crippen molar-refractivity contribution in [3.05, 3.63) is 46.7 Å². The summed E-state index contributed by atoms with van der Waals surface area (Å²) in [5, 5.41) is 5.27. The van der Waals surface area contributed by atoms with Crippen LogP contribution in [0.25, 0.3) is 0 Å². The Morgan fingerprint density at radius 1 is 1.12 bits per heavy atom. The third-order valence-corrected chi connectivity index (χ3v) is 6.37. The second-order valence-electron chi connectivity index (χ2n) is 6.90. The van der Waals surface area contributed by atoms with Crippen molar-refractivity contribution in [2.45, 2.75) is 43.6 Å². The Balaban J connectivity index is 1.42. The maximum absolute atomic E-state index is 12.6. The number of para-hydroxylation sites is 2. The zero-order chi connectivity index (χ0) is 17.1. The number of rotatable bonds is 4. The van der Waals surface area contributed by atoms with Crippen molar-refractivity contribution in [1.82, 2.24) is 5.32 Å². The van der Waals surface area contributed by atoms with Gasteiger partial charge in [0, 0.05) is 16.8 Å². The summed E-state index contributed by atoms with van der Waals surface area (Å²) in [7, 11) is 0. The molecule has 1 aromatic heterocycles. The molecular weight excluding hydrogens is 334 g/mol. The molecule has 25 heavy (non-hydrogen) atoms. The minimum absolute atomic E-state index is 0.0789. The molecule has 1 amide bonds. The van der Waals surface area contributed by atoms with Crippen LogP contribution >= 0.6 is 11.3 Å². The molecule has 1 aliphatic heterocycles. The van der Waals surface area contributed by atoms with E-state index in [-0.39, 0.29) is 17.9 Å². The predicted molar refractivity (Wildman–Crippen MR) is 98.4 cm³/mol. The summed E-state index contributed by atoms with van der Waals surface area (Å²) in [5.41, 5.74) is 0.0789. The monoisotopic (exact) mass is 357 g/mol. The van der Waals surface area contributed by atoms with E-state index in [4.69, 9.17) is 9.47 Å². The molecule has 2 aromatic rings. The highest BCUT2D eigenvalue weighted by Gasteiger charge is 2.36. The SMILES string of the molecule is O=C(NCC1(c2cccs2)CCCCC1)[C@H]1COc2ccccc2O1. The normalized spacial score (nSPS) is 21.5. The summed E-state index contributed by atoms with van der Waals surface area (Å²) < 4.78 is 11.5. The van der Waals surface area contributed by atoms with Crippen molar-refractivity contribution < 1.29 is 14.3 Å². The summed E-state index contributed by atoms with van der Waals surface area (Å²) in [4.78, 5) is 14.0. The topological polar surface area (TPSA) is 47.6 Å². The van der Waals surface area contributed by atoms with Gasteiger partial charge in [0.15, 0.2) is 11.5 Å². The van der Waals surface area contributed by atoms with Crippen molar-refractivity contribution in [3.63, 3.8) is 0 Å². The van der Waals surface area contributed by atoms with Crippen molar-refractivity contribution in [2.75, 3.05) is 13.2 Å². The number of carbonyl (C=O) groups excluding carboxylic acids is 1. The van der Waals surface area contributed by atoms with E-state index in [1.54, 1.807) is 11.3 Å². The molecular formula is C20H23NO3S. The zero-order valence-corrected chi connectivity index (χ0v) is 15.0. The first-order valence-electron chi connectivity index (χ1n) is 8.97. The van der Waals surface area contributed by atoms with Crippen LogP contribution in [0.15, 0.2) is 41.8 Å². The summed E-state index contributed by atoms with van der Waals surface area (Å²) >= 11 is 1.80. The van der Waals surface area contributed by atoms with Gasteiger partial charge in [-0.15, -0.1) is 11.3 Å². The number of fused-ring (bicyclic) bond motifs is 1. The van der Waals surface area contributed by atoms with Gasteiger partial charge in [-0.2, -0.15) is 0 Å². The minimum atomic E-state index is -0.584. The van der Waals surface area contributed by atoms with E-state index >= 15 is 0 Å². The highest BCUT2D eigenvalue weighted by molar-refractivity contribution is 7.10. The molecule has 0 bridgehead atoms. The Labute approximate surface area is 152 Å². The first-order valence-corrected chi connectivity index (χ1v) is 9.85. The first kappa shape index (κ1) is 16.5. The number of thiophene rings is 1. The quantitative estimate of drug-likeness (QED) is 0.903. The molecule has 1 aliphatic carbocycles. The molecule has 0 radical (unpaired) electrons. The van der Waals surface area contributed by atoms with Crippen LogP contribution in [0.3, 0.4) is 0 Å². The highest BCUT2D eigenvalue weighted by Crippen LogP contribution is 2.41. The molecule has 0 saturated heterocycles. The smallest absolute Gasteiger partial charge is 0.264 e. The van der Waals surface area contributed by atoms with Gasteiger partial charge in [-0.05, 0) is 36.4 Å². The Morgan fingerprint density at radius 3 is 2.68 bits per heavy atom. The van der Waals surface area contributed by atoms with Gasteiger partial charge in [0.25, 0.3) is 5.91 Å². The number of nitrogens with one attached hydrogen (secondary N) is 1. The van der Waals surface area contributed by atoms with Gasteiger partial charge in [0.05, 0.1) is 0 Å². The number of carbonyl (C=O) groups is 1. The lowest BCUT2D eigenvalue weighted by Gasteiger charge is -2.37. The summed E-state index contributed by atoms with van der Waals surface area (Å²) in [6.45, 7) is 0.933. The van der Waals surface area contributed by atoms with Crippen LogP contribution in [0, 0.1) is 0 Å². The fraction of sp³-hybridized carbons (Fsp3) is 0.450. The van der Waals surface area contributed by atoms with Crippen molar-refractivity contribution >= 4 is 17.2 Å². The molecule has 1 aromatic carbocycles. The van der Waals surface area contributed by atoms with E-state index in [9.17, 15) is 4.79 Å². The third-order valence-electron chi connectivity index (χ3n) is 5.26. The predicted octanol–water partition coefficient (Wildman–Crippen LogP) is 3.91. The van der Waals surface area contributed by atoms with Crippen molar-refractivity contribution in [2.24, 2.45) is 0 Å². The third kappa shape index (κ3) is 3.38. The molecule has 132 valence electrons. The lowest BCUT2D eigenvalue weighted by Crippen LogP contribution is -2.49. The Morgan fingerprint density at radius 2 is 1.92 bits per heavy atom. The second kappa shape index (κ2) is 7.08. The molecule has 2 aliphatic rings. The van der Waals surface area contributed by atoms with Gasteiger partial charge in [-0.25, -0.2) is 0 Å². The fourth-order valence-electron chi connectivity index (χ4n) is 3.84. The van der Waals surface area contributed by atoms with E-state index in [0.717, 1.165) is 12.8 Å². The van der Waals surface area contributed by atoms with E-state index in [0.29, 0.717) is 18.0 Å². The van der Waals surface area contributed by atoms with E-state index < -0.39 is 6.10 Å². The van der Waals surface area contributed by atoms with E-state index in [1.807, 2.05) is 24.3 Å². The van der Waals surface area contributed by atoms with Crippen LogP contribution in [0.5, 0.6) is 11.5 Å². The standard InChI is InChI=1S/C20H23NO3S/c22-19(17-13-23-15-7-2-3-8-16(15)24-17)21-14-20(10-4-1-5-11-20)18-9-6-12-25-18/h2-3,6-9,12,17H,1,4-5,10-11,13-14H2,(H,21,22)/t17-/m1/s1. The molecule has 0 unspecified atom stereocenters. The zero-order valence-electron chi connectivity index (χ0n) is 14.2. The molecule has 2 heterocycles. The Hall–Kier alpha value is -2.01. The lowest BCUT2D eigenvalue weighted by atomic mass is 9.73. The van der Waals surface area contributed by atoms with Crippen LogP contribution in [-0.2, 0) is 10.2 Å². The van der Waals surface area contributed by atoms with Crippen LogP contribution in [0.2, 0.25) is 0 Å². The maximum atomic E-state index is 12.6. The van der Waals surface area contributed by atoms with Crippen molar-refractivity contribution in [1.29, 1.82) is 0 Å². The maximum Gasteiger partial charge on any atom is 0.264 e. The van der Waals surface area contributed by atoms with Gasteiger partial charge in [-0.1, -0.05) is 37.5 Å². The van der Waals surface area contributed by atoms with Gasteiger partial charge in [0.2, 0.25) is 6.10 Å². The molecule has 5 heteroatoms. The number of hydrogen-bond acceptors (Lipinski definition) is 4. The highest BCUT2D eigenvalue weighted by atomic mass is 32.1. The molecule has 4 nitrogen and oxygen atoms in total. The fourth-order valence-corrected chi connectivity index (χ4v) is 4.83. The average Bonchev–Trinajstić information content (AvgIpc) is 3.22. The Bertz CT molecular complexity index is 722. The largest absolute Gasteiger partial charge is 0.485 e. The number of benzene rings is 1. The number of ether oxygens (including phenoxy) is 2. The summed E-state index contributed by atoms with van der Waals surface area (Å²) in [6.07, 6.45) is 5.43. The number of hydrogen-bond donors (Lipinski definition) is 1. The molecule has 4 rings (SSSR count). The molecule has 1 fully saturated rings. The van der Waals surface area contributed by atoms with E-state index in [2.05, 4.69) is 22.8 Å². The van der Waals surface area contributed by atoms with Crippen LogP contribution < -0.4 is 14.8 Å². The lowest BCUT2D eigenvalue weighted by molar-refractivity contribution is -0.130. The van der Waals surface area contributed by atoms with Gasteiger partial charge in [0.1, 0.15) is 6.61 Å². The van der Waals surface area contributed by atoms with Gasteiger partial charge in [-0.3, -0.25) is 4.79 Å². The summed E-state index contributed by atoms with van der Waals surface area (Å²) in [5.74, 6) is 1.25. The van der Waals surface area contributed by atoms with Crippen LogP contribution in [0.4, 0.5) is 0 Å². The van der Waals surface area contributed by atoms with Crippen LogP contribution in [0.1, 0.15) is 37.0 Å². The van der Waals surface area contributed by atoms with Gasteiger partial charge < -0.3 is 14.8 Å². The second-order valence-corrected chi connectivity index (χ2v) is 7.85. The first-order chi connectivity index (χ1) is 12.3. The number of amides is 1. The average molecular weight is 357 g/mol. The minimum Gasteiger partial charge on any atom is -0.485 e.